The molecule has 2 rings (SSSR count). The highest BCUT2D eigenvalue weighted by Crippen LogP contribution is 2.27. The molecule has 3 N–H and O–H groups in total. The SMILES string of the molecule is CC1N(Cc2ccccc2)CCC1(N)CO. The van der Waals surface area contributed by atoms with E-state index in [9.17, 15) is 5.11 Å². The number of likely N-dealkylation sites (tertiary alicyclic amines) is 1. The summed E-state index contributed by atoms with van der Waals surface area (Å²) in [5.41, 5.74) is 7.03. The third kappa shape index (κ3) is 2.12. The largest absolute Gasteiger partial charge is 0.394 e. The monoisotopic (exact) mass is 220 g/mol. The van der Waals surface area contributed by atoms with Crippen molar-refractivity contribution in [2.45, 2.75) is 31.5 Å². The molecule has 0 spiro atoms. The van der Waals surface area contributed by atoms with Crippen LogP contribution in [0.25, 0.3) is 0 Å². The topological polar surface area (TPSA) is 49.5 Å². The zero-order valence-corrected chi connectivity index (χ0v) is 9.76. The number of nitrogens with zero attached hydrogens (tertiary/aromatic N) is 1. The van der Waals surface area contributed by atoms with Crippen molar-refractivity contribution in [2.75, 3.05) is 13.2 Å². The Bertz CT molecular complexity index is 341. The van der Waals surface area contributed by atoms with Crippen LogP contribution in [0.4, 0.5) is 0 Å². The maximum absolute atomic E-state index is 9.33. The van der Waals surface area contributed by atoms with Crippen LogP contribution in [-0.4, -0.2) is 34.7 Å². The lowest BCUT2D eigenvalue weighted by molar-refractivity contribution is 0.146. The van der Waals surface area contributed by atoms with Gasteiger partial charge in [0.2, 0.25) is 0 Å². The molecule has 1 heterocycles. The van der Waals surface area contributed by atoms with Gasteiger partial charge < -0.3 is 10.8 Å². The van der Waals surface area contributed by atoms with Crippen LogP contribution in [0, 0.1) is 0 Å². The second kappa shape index (κ2) is 4.53. The maximum atomic E-state index is 9.33. The van der Waals surface area contributed by atoms with Crippen LogP contribution in [0.1, 0.15) is 18.9 Å². The molecule has 1 fully saturated rings. The van der Waals surface area contributed by atoms with Crippen molar-refractivity contribution in [3.63, 3.8) is 0 Å². The molecule has 0 amide bonds. The lowest BCUT2D eigenvalue weighted by atomic mass is 9.94. The van der Waals surface area contributed by atoms with Gasteiger partial charge in [0.1, 0.15) is 0 Å². The fraction of sp³-hybridized carbons (Fsp3) is 0.538. The van der Waals surface area contributed by atoms with Gasteiger partial charge in [0.25, 0.3) is 0 Å². The predicted molar refractivity (Wildman–Crippen MR) is 64.9 cm³/mol. The first-order valence-corrected chi connectivity index (χ1v) is 5.83. The Morgan fingerprint density at radius 2 is 2.12 bits per heavy atom. The Balaban J connectivity index is 2.03. The van der Waals surface area contributed by atoms with Gasteiger partial charge >= 0.3 is 0 Å². The molecule has 0 aliphatic carbocycles. The third-order valence-electron chi connectivity index (χ3n) is 3.77. The van der Waals surface area contributed by atoms with Gasteiger partial charge in [-0.2, -0.15) is 0 Å². The number of aliphatic hydroxyl groups is 1. The zero-order chi connectivity index (χ0) is 11.6. The highest BCUT2D eigenvalue weighted by molar-refractivity contribution is 5.15. The summed E-state index contributed by atoms with van der Waals surface area (Å²) in [5, 5.41) is 9.33. The Kier molecular flexibility index (Phi) is 3.28. The average Bonchev–Trinajstić information content (AvgIpc) is 2.60. The Hall–Kier alpha value is -0.900. The normalized spacial score (nSPS) is 30.8. The van der Waals surface area contributed by atoms with Crippen LogP contribution in [0.5, 0.6) is 0 Å². The standard InChI is InChI=1S/C13H20N2O/c1-11-13(14,10-16)7-8-15(11)9-12-5-3-2-4-6-12/h2-6,11,16H,7-10,14H2,1H3. The Morgan fingerprint density at radius 1 is 1.44 bits per heavy atom. The van der Waals surface area contributed by atoms with E-state index in [1.165, 1.54) is 5.56 Å². The quantitative estimate of drug-likeness (QED) is 0.798. The number of benzene rings is 1. The molecule has 1 saturated heterocycles. The summed E-state index contributed by atoms with van der Waals surface area (Å²) in [6, 6.07) is 10.6. The second-order valence-electron chi connectivity index (χ2n) is 4.77. The van der Waals surface area contributed by atoms with Crippen molar-refractivity contribution < 1.29 is 5.11 Å². The van der Waals surface area contributed by atoms with Gasteiger partial charge in [0.15, 0.2) is 0 Å². The fourth-order valence-electron chi connectivity index (χ4n) is 2.36. The van der Waals surface area contributed by atoms with Crippen LogP contribution in [-0.2, 0) is 6.54 Å². The van der Waals surface area contributed by atoms with Crippen molar-refractivity contribution in [1.29, 1.82) is 0 Å². The lowest BCUT2D eigenvalue weighted by Crippen LogP contribution is -2.52. The molecule has 1 aliphatic rings. The Morgan fingerprint density at radius 3 is 2.69 bits per heavy atom. The maximum Gasteiger partial charge on any atom is 0.0626 e. The van der Waals surface area contributed by atoms with Crippen molar-refractivity contribution in [3.8, 4) is 0 Å². The van der Waals surface area contributed by atoms with Crippen molar-refractivity contribution in [2.24, 2.45) is 5.73 Å². The van der Waals surface area contributed by atoms with Crippen LogP contribution in [0.15, 0.2) is 30.3 Å². The van der Waals surface area contributed by atoms with Gasteiger partial charge in [0.05, 0.1) is 12.1 Å². The second-order valence-corrected chi connectivity index (χ2v) is 4.77. The first-order chi connectivity index (χ1) is 7.65. The molecule has 88 valence electrons. The van der Waals surface area contributed by atoms with Gasteiger partial charge in [0, 0.05) is 19.1 Å². The molecule has 16 heavy (non-hydrogen) atoms. The van der Waals surface area contributed by atoms with E-state index in [0.29, 0.717) is 0 Å². The lowest BCUT2D eigenvalue weighted by Gasteiger charge is -2.30. The zero-order valence-electron chi connectivity index (χ0n) is 9.76. The van der Waals surface area contributed by atoms with Crippen LogP contribution in [0.2, 0.25) is 0 Å². The summed E-state index contributed by atoms with van der Waals surface area (Å²) in [5.74, 6) is 0. The van der Waals surface area contributed by atoms with E-state index in [1.54, 1.807) is 0 Å². The minimum absolute atomic E-state index is 0.0689. The first kappa shape index (κ1) is 11.6. The minimum Gasteiger partial charge on any atom is -0.394 e. The molecule has 0 bridgehead atoms. The molecule has 0 radical (unpaired) electrons. The number of nitrogens with two attached hydrogens (primary N) is 1. The van der Waals surface area contributed by atoms with E-state index >= 15 is 0 Å². The van der Waals surface area contributed by atoms with Gasteiger partial charge in [-0.25, -0.2) is 0 Å². The first-order valence-electron chi connectivity index (χ1n) is 5.83. The predicted octanol–water partition coefficient (Wildman–Crippen LogP) is 0.971. The van der Waals surface area contributed by atoms with Crippen molar-refractivity contribution in [3.05, 3.63) is 35.9 Å². The molecule has 1 aromatic carbocycles. The third-order valence-corrected chi connectivity index (χ3v) is 3.77. The average molecular weight is 220 g/mol. The minimum atomic E-state index is -0.422. The summed E-state index contributed by atoms with van der Waals surface area (Å²) in [4.78, 5) is 2.34. The van der Waals surface area contributed by atoms with E-state index in [4.69, 9.17) is 5.73 Å². The molecule has 0 aromatic heterocycles. The van der Waals surface area contributed by atoms with Gasteiger partial charge in [-0.3, -0.25) is 4.90 Å². The van der Waals surface area contributed by atoms with E-state index in [1.807, 2.05) is 6.07 Å². The smallest absolute Gasteiger partial charge is 0.0626 e. The summed E-state index contributed by atoms with van der Waals surface area (Å²) in [6.07, 6.45) is 0.873. The van der Waals surface area contributed by atoms with Gasteiger partial charge in [-0.1, -0.05) is 30.3 Å². The number of hydrogen-bond donors (Lipinski definition) is 2. The molecule has 1 aliphatic heterocycles. The van der Waals surface area contributed by atoms with E-state index in [0.717, 1.165) is 19.5 Å². The van der Waals surface area contributed by atoms with E-state index < -0.39 is 5.54 Å². The molecule has 1 aromatic rings. The molecule has 2 atom stereocenters. The van der Waals surface area contributed by atoms with Crippen molar-refractivity contribution >= 4 is 0 Å². The van der Waals surface area contributed by atoms with Crippen LogP contribution < -0.4 is 5.73 Å². The molecule has 3 nitrogen and oxygen atoms in total. The molecule has 2 unspecified atom stereocenters. The fourth-order valence-corrected chi connectivity index (χ4v) is 2.36. The highest BCUT2D eigenvalue weighted by atomic mass is 16.3. The van der Waals surface area contributed by atoms with Crippen LogP contribution >= 0.6 is 0 Å². The summed E-state index contributed by atoms with van der Waals surface area (Å²) in [7, 11) is 0. The molecule has 0 saturated carbocycles. The summed E-state index contributed by atoms with van der Waals surface area (Å²) >= 11 is 0. The van der Waals surface area contributed by atoms with Gasteiger partial charge in [-0.05, 0) is 18.9 Å². The van der Waals surface area contributed by atoms with E-state index in [2.05, 4.69) is 36.1 Å². The number of aliphatic hydroxyl groups excluding tert-OH is 1. The van der Waals surface area contributed by atoms with Gasteiger partial charge in [-0.15, -0.1) is 0 Å². The summed E-state index contributed by atoms with van der Waals surface area (Å²) < 4.78 is 0. The molecule has 3 heteroatoms. The van der Waals surface area contributed by atoms with E-state index in [-0.39, 0.29) is 12.6 Å². The van der Waals surface area contributed by atoms with Crippen molar-refractivity contribution in [1.82, 2.24) is 4.90 Å². The van der Waals surface area contributed by atoms with Crippen LogP contribution in [0.3, 0.4) is 0 Å². The highest BCUT2D eigenvalue weighted by Gasteiger charge is 2.40. The summed E-state index contributed by atoms with van der Waals surface area (Å²) in [6.45, 7) is 4.06. The number of rotatable bonds is 3. The Labute approximate surface area is 96.9 Å². The molecular formula is C13H20N2O. The molecular weight excluding hydrogens is 200 g/mol. The number of hydrogen-bond acceptors (Lipinski definition) is 3.